The number of nitrogens with zero attached hydrogens (tertiary/aromatic N) is 5. The van der Waals surface area contributed by atoms with Crippen molar-refractivity contribution in [3.63, 3.8) is 0 Å². The SMILES string of the molecule is C=C(NOc1ncnc(N2CCC(c3nc(C(C)C)no3)CC2)c1C)c1ccc(OC(F)(F)F)cc1. The van der Waals surface area contributed by atoms with E-state index in [1.54, 1.807) is 0 Å². The van der Waals surface area contributed by atoms with Gasteiger partial charge in [0.1, 0.15) is 17.9 Å². The number of halogens is 3. The van der Waals surface area contributed by atoms with Crippen molar-refractivity contribution in [2.75, 3.05) is 18.0 Å². The summed E-state index contributed by atoms with van der Waals surface area (Å²) in [6, 6.07) is 5.28. The van der Waals surface area contributed by atoms with Gasteiger partial charge in [0.25, 0.3) is 5.88 Å². The van der Waals surface area contributed by atoms with Crippen LogP contribution in [0.15, 0.2) is 41.7 Å². The molecule has 1 aromatic carbocycles. The predicted octanol–water partition coefficient (Wildman–Crippen LogP) is 5.13. The zero-order valence-corrected chi connectivity index (χ0v) is 20.2. The Hall–Kier alpha value is -3.83. The molecule has 1 N–H and O–H groups in total. The van der Waals surface area contributed by atoms with Crippen LogP contribution in [0.3, 0.4) is 0 Å². The molecule has 0 saturated carbocycles. The minimum atomic E-state index is -4.75. The number of anilines is 1. The topological polar surface area (TPSA) is 98.4 Å². The van der Waals surface area contributed by atoms with Gasteiger partial charge in [-0.3, -0.25) is 0 Å². The maximum Gasteiger partial charge on any atom is 0.573 e. The minimum absolute atomic E-state index is 0.206. The first-order valence-corrected chi connectivity index (χ1v) is 11.5. The van der Waals surface area contributed by atoms with Crippen LogP contribution in [0.5, 0.6) is 11.6 Å². The second-order valence-corrected chi connectivity index (χ2v) is 8.79. The van der Waals surface area contributed by atoms with Gasteiger partial charge in [0.05, 0.1) is 11.3 Å². The highest BCUT2D eigenvalue weighted by Gasteiger charge is 2.31. The molecule has 4 rings (SSSR count). The van der Waals surface area contributed by atoms with E-state index in [9.17, 15) is 13.2 Å². The summed E-state index contributed by atoms with van der Waals surface area (Å²) >= 11 is 0. The fraction of sp³-hybridized carbons (Fsp3) is 0.417. The zero-order chi connectivity index (χ0) is 25.9. The average molecular weight is 505 g/mol. The summed E-state index contributed by atoms with van der Waals surface area (Å²) in [7, 11) is 0. The number of nitrogens with one attached hydrogen (secondary N) is 1. The number of piperidine rings is 1. The Labute approximate surface area is 206 Å². The van der Waals surface area contributed by atoms with Gasteiger partial charge in [-0.2, -0.15) is 9.97 Å². The normalized spacial score (nSPS) is 14.7. The van der Waals surface area contributed by atoms with E-state index in [0.29, 0.717) is 23.0 Å². The Kier molecular flexibility index (Phi) is 7.32. The summed E-state index contributed by atoms with van der Waals surface area (Å²) in [6.07, 6.45) is -1.63. The van der Waals surface area contributed by atoms with Crippen LogP contribution in [0.1, 0.15) is 61.4 Å². The van der Waals surface area contributed by atoms with Crippen molar-refractivity contribution in [2.45, 2.75) is 51.8 Å². The van der Waals surface area contributed by atoms with E-state index in [1.165, 1.54) is 30.6 Å². The summed E-state index contributed by atoms with van der Waals surface area (Å²) < 4.78 is 46.4. The first-order chi connectivity index (χ1) is 17.1. The van der Waals surface area contributed by atoms with Crippen molar-refractivity contribution in [3.8, 4) is 11.6 Å². The summed E-state index contributed by atoms with van der Waals surface area (Å²) in [5, 5.41) is 4.07. The Morgan fingerprint density at radius 3 is 2.47 bits per heavy atom. The first kappa shape index (κ1) is 25.3. The molecular weight excluding hydrogens is 477 g/mol. The lowest BCUT2D eigenvalue weighted by Gasteiger charge is -2.32. The maximum atomic E-state index is 12.3. The minimum Gasteiger partial charge on any atom is -0.406 e. The van der Waals surface area contributed by atoms with Crippen molar-refractivity contribution >= 4 is 11.5 Å². The molecular formula is C24H27F3N6O3. The van der Waals surface area contributed by atoms with Crippen LogP contribution >= 0.6 is 0 Å². The third-order valence-electron chi connectivity index (χ3n) is 5.84. The molecule has 0 atom stereocenters. The van der Waals surface area contributed by atoms with E-state index in [0.717, 1.165) is 43.1 Å². The van der Waals surface area contributed by atoms with E-state index >= 15 is 0 Å². The molecule has 1 aliphatic heterocycles. The lowest BCUT2D eigenvalue weighted by molar-refractivity contribution is -0.274. The third-order valence-corrected chi connectivity index (χ3v) is 5.84. The molecule has 1 fully saturated rings. The van der Waals surface area contributed by atoms with Crippen molar-refractivity contribution in [3.05, 3.63) is 60.0 Å². The number of alkyl halides is 3. The van der Waals surface area contributed by atoms with Gasteiger partial charge in [-0.1, -0.05) is 25.6 Å². The van der Waals surface area contributed by atoms with Gasteiger partial charge >= 0.3 is 6.36 Å². The summed E-state index contributed by atoms with van der Waals surface area (Å²) in [5.74, 6) is 2.59. The van der Waals surface area contributed by atoms with Crippen LogP contribution in [0.2, 0.25) is 0 Å². The van der Waals surface area contributed by atoms with Crippen molar-refractivity contribution in [2.24, 2.45) is 0 Å². The van der Waals surface area contributed by atoms with E-state index in [4.69, 9.17) is 9.36 Å². The standard InChI is InChI=1S/C24H27F3N6O3/c1-14(2)20-30-23(36-32-20)18-9-11-33(12-10-18)21-15(3)22(29-13-28-21)35-31-16(4)17-5-7-19(8-6-17)34-24(25,26)27/h5-8,13-14,18,31H,4,9-12H2,1-3H3. The quantitative estimate of drug-likeness (QED) is 0.419. The molecule has 3 aromatic rings. The van der Waals surface area contributed by atoms with Gasteiger partial charge in [-0.25, -0.2) is 10.5 Å². The first-order valence-electron chi connectivity index (χ1n) is 11.5. The molecule has 2 aromatic heterocycles. The fourth-order valence-corrected chi connectivity index (χ4v) is 3.86. The highest BCUT2D eigenvalue weighted by Crippen LogP contribution is 2.32. The largest absolute Gasteiger partial charge is 0.573 e. The van der Waals surface area contributed by atoms with Crippen LogP contribution < -0.4 is 20.0 Å². The van der Waals surface area contributed by atoms with E-state index in [-0.39, 0.29) is 17.6 Å². The molecule has 36 heavy (non-hydrogen) atoms. The Morgan fingerprint density at radius 2 is 1.86 bits per heavy atom. The highest BCUT2D eigenvalue weighted by molar-refractivity contribution is 5.61. The molecule has 12 heteroatoms. The summed E-state index contributed by atoms with van der Waals surface area (Å²) in [5.41, 5.74) is 4.31. The molecule has 0 unspecified atom stereocenters. The van der Waals surface area contributed by atoms with Gasteiger partial charge in [-0.05, 0) is 44.0 Å². The molecule has 1 saturated heterocycles. The highest BCUT2D eigenvalue weighted by atomic mass is 19.4. The van der Waals surface area contributed by atoms with Crippen LogP contribution in [-0.4, -0.2) is 39.6 Å². The molecule has 9 nitrogen and oxygen atoms in total. The zero-order valence-electron chi connectivity index (χ0n) is 20.2. The number of hydrogen-bond donors (Lipinski definition) is 1. The van der Waals surface area contributed by atoms with Gasteiger partial charge in [0, 0.05) is 30.5 Å². The number of ether oxygens (including phenoxy) is 1. The molecule has 0 spiro atoms. The van der Waals surface area contributed by atoms with Gasteiger partial charge < -0.3 is 19.0 Å². The van der Waals surface area contributed by atoms with Gasteiger partial charge in [0.15, 0.2) is 5.82 Å². The number of aromatic nitrogens is 4. The van der Waals surface area contributed by atoms with Crippen molar-refractivity contribution < 1.29 is 27.3 Å². The number of hydrogen-bond acceptors (Lipinski definition) is 9. The second-order valence-electron chi connectivity index (χ2n) is 8.79. The van der Waals surface area contributed by atoms with Crippen LogP contribution in [-0.2, 0) is 0 Å². The van der Waals surface area contributed by atoms with E-state index in [1.807, 2.05) is 20.8 Å². The second kappa shape index (κ2) is 10.4. The predicted molar refractivity (Wildman–Crippen MR) is 125 cm³/mol. The molecule has 1 aliphatic rings. The molecule has 0 bridgehead atoms. The molecule has 3 heterocycles. The Bertz CT molecular complexity index is 1190. The lowest BCUT2D eigenvalue weighted by atomic mass is 9.96. The molecule has 192 valence electrons. The Morgan fingerprint density at radius 1 is 1.17 bits per heavy atom. The number of rotatable bonds is 8. The van der Waals surface area contributed by atoms with Crippen LogP contribution in [0.4, 0.5) is 19.0 Å². The average Bonchev–Trinajstić information content (AvgIpc) is 3.34. The van der Waals surface area contributed by atoms with Gasteiger partial charge in [0.2, 0.25) is 5.89 Å². The fourth-order valence-electron chi connectivity index (χ4n) is 3.86. The lowest BCUT2D eigenvalue weighted by Crippen LogP contribution is -2.34. The molecule has 0 radical (unpaired) electrons. The summed E-state index contributed by atoms with van der Waals surface area (Å²) in [6.45, 7) is 11.3. The monoisotopic (exact) mass is 504 g/mol. The van der Waals surface area contributed by atoms with Crippen LogP contribution in [0.25, 0.3) is 5.70 Å². The van der Waals surface area contributed by atoms with E-state index < -0.39 is 6.36 Å². The van der Waals surface area contributed by atoms with Crippen molar-refractivity contribution in [1.29, 1.82) is 0 Å². The van der Waals surface area contributed by atoms with Gasteiger partial charge in [-0.15, -0.1) is 13.2 Å². The molecule has 0 amide bonds. The van der Waals surface area contributed by atoms with Crippen molar-refractivity contribution in [1.82, 2.24) is 25.6 Å². The smallest absolute Gasteiger partial charge is 0.406 e. The van der Waals surface area contributed by atoms with Crippen LogP contribution in [0, 0.1) is 6.92 Å². The molecule has 0 aliphatic carbocycles. The number of hydroxylamine groups is 1. The van der Waals surface area contributed by atoms with E-state index in [2.05, 4.69) is 41.8 Å². The third kappa shape index (κ3) is 6.04. The number of benzene rings is 1. The summed E-state index contributed by atoms with van der Waals surface area (Å²) in [4.78, 5) is 21.0. The Balaban J connectivity index is 1.35. The maximum absolute atomic E-state index is 12.3.